The molecule has 0 radical (unpaired) electrons. The van der Waals surface area contributed by atoms with Crippen LogP contribution in [0.1, 0.15) is 25.6 Å². The fourth-order valence-electron chi connectivity index (χ4n) is 1.82. The van der Waals surface area contributed by atoms with Crippen LogP contribution in [0.5, 0.6) is 0 Å². The minimum absolute atomic E-state index is 0. The number of guanidine groups is 1. The van der Waals surface area contributed by atoms with Gasteiger partial charge in [0.15, 0.2) is 5.96 Å². The van der Waals surface area contributed by atoms with Crippen molar-refractivity contribution in [3.63, 3.8) is 0 Å². The Balaban J connectivity index is 0.00000180. The van der Waals surface area contributed by atoms with E-state index in [1.165, 1.54) is 12.8 Å². The summed E-state index contributed by atoms with van der Waals surface area (Å²) in [6, 6.07) is 0. The predicted octanol–water partition coefficient (Wildman–Crippen LogP) is 1.03. The SMILES string of the molecule is CCc1nncn1CCNC(=NC)NCC1CC1.I. The van der Waals surface area contributed by atoms with Gasteiger partial charge in [0.1, 0.15) is 12.2 Å². The summed E-state index contributed by atoms with van der Waals surface area (Å²) < 4.78 is 2.07. The van der Waals surface area contributed by atoms with Crippen molar-refractivity contribution >= 4 is 29.9 Å². The number of hydrogen-bond donors (Lipinski definition) is 2. The number of hydrogen-bond acceptors (Lipinski definition) is 3. The van der Waals surface area contributed by atoms with Crippen molar-refractivity contribution in [3.05, 3.63) is 12.2 Å². The predicted molar refractivity (Wildman–Crippen MR) is 86.9 cm³/mol. The quantitative estimate of drug-likeness (QED) is 0.441. The van der Waals surface area contributed by atoms with E-state index < -0.39 is 0 Å². The molecule has 0 unspecified atom stereocenters. The number of aryl methyl sites for hydroxylation is 1. The van der Waals surface area contributed by atoms with Crippen LogP contribution in [0.25, 0.3) is 0 Å². The van der Waals surface area contributed by atoms with Gasteiger partial charge >= 0.3 is 0 Å². The fourth-order valence-corrected chi connectivity index (χ4v) is 1.82. The number of nitrogens with zero attached hydrogens (tertiary/aromatic N) is 4. The van der Waals surface area contributed by atoms with Crippen LogP contribution < -0.4 is 10.6 Å². The molecular weight excluding hydrogens is 355 g/mol. The van der Waals surface area contributed by atoms with Gasteiger partial charge in [-0.05, 0) is 18.8 Å². The van der Waals surface area contributed by atoms with Gasteiger partial charge in [0.05, 0.1) is 0 Å². The second kappa shape index (κ2) is 8.34. The molecule has 1 aromatic heterocycles. The zero-order valence-corrected chi connectivity index (χ0v) is 13.9. The first-order valence-corrected chi connectivity index (χ1v) is 6.64. The van der Waals surface area contributed by atoms with Crippen molar-refractivity contribution in [1.29, 1.82) is 0 Å². The normalized spacial score (nSPS) is 14.9. The Labute approximate surface area is 131 Å². The van der Waals surface area contributed by atoms with E-state index in [0.29, 0.717) is 0 Å². The van der Waals surface area contributed by atoms with Gasteiger partial charge < -0.3 is 15.2 Å². The van der Waals surface area contributed by atoms with Crippen molar-refractivity contribution in [1.82, 2.24) is 25.4 Å². The molecule has 0 aromatic carbocycles. The molecule has 0 amide bonds. The van der Waals surface area contributed by atoms with E-state index in [0.717, 1.165) is 43.8 Å². The van der Waals surface area contributed by atoms with Crippen molar-refractivity contribution in [2.75, 3.05) is 20.1 Å². The zero-order chi connectivity index (χ0) is 12.8. The highest BCUT2D eigenvalue weighted by Gasteiger charge is 2.20. The molecular formula is C12H23IN6. The second-order valence-electron chi connectivity index (χ2n) is 4.62. The smallest absolute Gasteiger partial charge is 0.191 e. The first kappa shape index (κ1) is 16.2. The average Bonchev–Trinajstić information content (AvgIpc) is 3.11. The van der Waals surface area contributed by atoms with Crippen molar-refractivity contribution in [3.8, 4) is 0 Å². The first-order chi connectivity index (χ1) is 8.83. The maximum Gasteiger partial charge on any atom is 0.191 e. The lowest BCUT2D eigenvalue weighted by atomic mass is 10.4. The van der Waals surface area contributed by atoms with E-state index in [-0.39, 0.29) is 24.0 Å². The summed E-state index contributed by atoms with van der Waals surface area (Å²) in [5.74, 6) is 2.76. The van der Waals surface area contributed by atoms with E-state index in [2.05, 4.69) is 37.3 Å². The molecule has 0 aliphatic heterocycles. The van der Waals surface area contributed by atoms with Crippen LogP contribution in [0.4, 0.5) is 0 Å². The van der Waals surface area contributed by atoms with E-state index >= 15 is 0 Å². The molecule has 1 aliphatic carbocycles. The van der Waals surface area contributed by atoms with Gasteiger partial charge in [-0.3, -0.25) is 4.99 Å². The van der Waals surface area contributed by atoms with Crippen LogP contribution in [0.15, 0.2) is 11.3 Å². The van der Waals surface area contributed by atoms with Crippen LogP contribution in [-0.2, 0) is 13.0 Å². The van der Waals surface area contributed by atoms with E-state index in [1.54, 1.807) is 13.4 Å². The summed E-state index contributed by atoms with van der Waals surface area (Å²) in [5.41, 5.74) is 0. The Kier molecular flexibility index (Phi) is 7.11. The van der Waals surface area contributed by atoms with Crippen molar-refractivity contribution in [2.24, 2.45) is 10.9 Å². The van der Waals surface area contributed by atoms with Crippen molar-refractivity contribution < 1.29 is 0 Å². The van der Waals surface area contributed by atoms with Crippen LogP contribution in [0, 0.1) is 5.92 Å². The molecule has 2 N–H and O–H groups in total. The zero-order valence-electron chi connectivity index (χ0n) is 11.6. The fraction of sp³-hybridized carbons (Fsp3) is 0.750. The standard InChI is InChI=1S/C12H22N6.HI/c1-3-11-17-16-9-18(11)7-6-14-12(13-2)15-8-10-4-5-10;/h9-10H,3-8H2,1-2H3,(H2,13,14,15);1H. The molecule has 108 valence electrons. The van der Waals surface area contributed by atoms with Gasteiger partial charge in [-0.2, -0.15) is 0 Å². The van der Waals surface area contributed by atoms with Crippen LogP contribution in [-0.4, -0.2) is 40.9 Å². The maximum atomic E-state index is 4.20. The van der Waals surface area contributed by atoms with Gasteiger partial charge in [0.25, 0.3) is 0 Å². The lowest BCUT2D eigenvalue weighted by Crippen LogP contribution is -2.39. The van der Waals surface area contributed by atoms with Crippen LogP contribution in [0.2, 0.25) is 0 Å². The number of aromatic nitrogens is 3. The molecule has 7 heteroatoms. The van der Waals surface area contributed by atoms with Crippen molar-refractivity contribution in [2.45, 2.75) is 32.7 Å². The molecule has 2 rings (SSSR count). The lowest BCUT2D eigenvalue weighted by molar-refractivity contribution is 0.629. The Morgan fingerprint density at radius 2 is 2.26 bits per heavy atom. The lowest BCUT2D eigenvalue weighted by Gasteiger charge is -2.12. The summed E-state index contributed by atoms with van der Waals surface area (Å²) in [4.78, 5) is 4.20. The van der Waals surface area contributed by atoms with E-state index in [1.807, 2.05) is 0 Å². The number of aliphatic imine (C=N–C) groups is 1. The van der Waals surface area contributed by atoms with Gasteiger partial charge in [-0.25, -0.2) is 0 Å². The summed E-state index contributed by atoms with van der Waals surface area (Å²) in [6.45, 7) is 4.81. The monoisotopic (exact) mass is 378 g/mol. The summed E-state index contributed by atoms with van der Waals surface area (Å²) in [6.07, 6.45) is 5.39. The minimum atomic E-state index is 0. The Morgan fingerprint density at radius 1 is 1.47 bits per heavy atom. The van der Waals surface area contributed by atoms with E-state index in [9.17, 15) is 0 Å². The molecule has 0 bridgehead atoms. The molecule has 1 heterocycles. The van der Waals surface area contributed by atoms with Gasteiger partial charge in [0.2, 0.25) is 0 Å². The Morgan fingerprint density at radius 3 is 2.89 bits per heavy atom. The van der Waals surface area contributed by atoms with Crippen LogP contribution >= 0.6 is 24.0 Å². The number of nitrogens with one attached hydrogen (secondary N) is 2. The maximum absolute atomic E-state index is 4.20. The summed E-state index contributed by atoms with van der Waals surface area (Å²) in [7, 11) is 1.80. The number of rotatable bonds is 6. The number of halogens is 1. The van der Waals surface area contributed by atoms with Gasteiger partial charge in [-0.15, -0.1) is 34.2 Å². The molecule has 19 heavy (non-hydrogen) atoms. The second-order valence-corrected chi connectivity index (χ2v) is 4.62. The minimum Gasteiger partial charge on any atom is -0.356 e. The topological polar surface area (TPSA) is 67.1 Å². The Hall–Kier alpha value is -0.860. The molecule has 1 saturated carbocycles. The Bertz CT molecular complexity index is 399. The highest BCUT2D eigenvalue weighted by Crippen LogP contribution is 2.27. The molecule has 0 spiro atoms. The third kappa shape index (κ3) is 5.33. The van der Waals surface area contributed by atoms with Crippen LogP contribution in [0.3, 0.4) is 0 Å². The van der Waals surface area contributed by atoms with Gasteiger partial charge in [0, 0.05) is 33.1 Å². The molecule has 0 saturated heterocycles. The third-order valence-corrected chi connectivity index (χ3v) is 3.14. The molecule has 1 aliphatic rings. The van der Waals surface area contributed by atoms with E-state index in [4.69, 9.17) is 0 Å². The molecule has 1 aromatic rings. The largest absolute Gasteiger partial charge is 0.356 e. The summed E-state index contributed by atoms with van der Waals surface area (Å²) in [5, 5.41) is 14.6. The molecule has 0 atom stereocenters. The first-order valence-electron chi connectivity index (χ1n) is 6.64. The van der Waals surface area contributed by atoms with Gasteiger partial charge in [-0.1, -0.05) is 6.92 Å². The highest BCUT2D eigenvalue weighted by molar-refractivity contribution is 14.0. The third-order valence-electron chi connectivity index (χ3n) is 3.14. The molecule has 1 fully saturated rings. The summed E-state index contributed by atoms with van der Waals surface area (Å²) >= 11 is 0. The molecule has 6 nitrogen and oxygen atoms in total. The average molecular weight is 378 g/mol. The highest BCUT2D eigenvalue weighted by atomic mass is 127.